The number of thiol groups is 1. The SMILES string of the molecule is Cc1ccc(C=CCS)nn1. The van der Waals surface area contributed by atoms with E-state index >= 15 is 0 Å². The first-order chi connectivity index (χ1) is 5.33. The Morgan fingerprint density at radius 2 is 2.27 bits per heavy atom. The van der Waals surface area contributed by atoms with Gasteiger partial charge in [-0.3, -0.25) is 0 Å². The molecule has 0 radical (unpaired) electrons. The zero-order valence-electron chi connectivity index (χ0n) is 6.36. The second-order valence-corrected chi connectivity index (χ2v) is 2.55. The molecule has 0 aliphatic heterocycles. The summed E-state index contributed by atoms with van der Waals surface area (Å²) in [4.78, 5) is 0. The second-order valence-electron chi connectivity index (χ2n) is 2.18. The molecule has 0 fully saturated rings. The zero-order chi connectivity index (χ0) is 8.10. The monoisotopic (exact) mass is 166 g/mol. The van der Waals surface area contributed by atoms with Crippen molar-refractivity contribution in [3.63, 3.8) is 0 Å². The highest BCUT2D eigenvalue weighted by Gasteiger charge is 1.87. The Bertz CT molecular complexity index is 241. The highest BCUT2D eigenvalue weighted by Crippen LogP contribution is 1.97. The van der Waals surface area contributed by atoms with Crippen molar-refractivity contribution >= 4 is 18.7 Å². The number of aryl methyl sites for hydroxylation is 1. The molecular formula is C8H10N2S. The van der Waals surface area contributed by atoms with Gasteiger partial charge in [-0.05, 0) is 25.1 Å². The van der Waals surface area contributed by atoms with Crippen molar-refractivity contribution in [2.45, 2.75) is 6.92 Å². The highest BCUT2D eigenvalue weighted by atomic mass is 32.1. The molecule has 0 aliphatic rings. The third-order valence-electron chi connectivity index (χ3n) is 1.21. The van der Waals surface area contributed by atoms with Crippen LogP contribution < -0.4 is 0 Å². The Morgan fingerprint density at radius 3 is 2.82 bits per heavy atom. The maximum Gasteiger partial charge on any atom is 0.0854 e. The van der Waals surface area contributed by atoms with Crippen LogP contribution in [0.5, 0.6) is 0 Å². The van der Waals surface area contributed by atoms with Crippen molar-refractivity contribution in [3.05, 3.63) is 29.6 Å². The molecule has 2 nitrogen and oxygen atoms in total. The number of nitrogens with zero attached hydrogens (tertiary/aromatic N) is 2. The van der Waals surface area contributed by atoms with Gasteiger partial charge in [0, 0.05) is 5.75 Å². The summed E-state index contributed by atoms with van der Waals surface area (Å²) in [5.41, 5.74) is 1.82. The van der Waals surface area contributed by atoms with Crippen molar-refractivity contribution in [2.24, 2.45) is 0 Å². The number of hydrogen-bond donors (Lipinski definition) is 1. The quantitative estimate of drug-likeness (QED) is 0.677. The van der Waals surface area contributed by atoms with E-state index in [4.69, 9.17) is 0 Å². The lowest BCUT2D eigenvalue weighted by Crippen LogP contribution is -1.87. The number of aromatic nitrogens is 2. The van der Waals surface area contributed by atoms with E-state index in [9.17, 15) is 0 Å². The third-order valence-corrected chi connectivity index (χ3v) is 1.42. The molecule has 0 amide bonds. The van der Waals surface area contributed by atoms with Crippen LogP contribution in [0.2, 0.25) is 0 Å². The van der Waals surface area contributed by atoms with Crippen LogP contribution in [0.15, 0.2) is 18.2 Å². The van der Waals surface area contributed by atoms with E-state index in [1.807, 2.05) is 31.2 Å². The molecule has 0 atom stereocenters. The Labute approximate surface area is 71.8 Å². The second kappa shape index (κ2) is 4.13. The summed E-state index contributed by atoms with van der Waals surface area (Å²) >= 11 is 4.04. The maximum atomic E-state index is 4.04. The molecule has 0 aliphatic carbocycles. The first kappa shape index (κ1) is 8.27. The first-order valence-corrected chi connectivity index (χ1v) is 4.04. The van der Waals surface area contributed by atoms with Gasteiger partial charge in [0.05, 0.1) is 11.4 Å². The summed E-state index contributed by atoms with van der Waals surface area (Å²) in [5, 5.41) is 7.85. The average molecular weight is 166 g/mol. The predicted octanol–water partition coefficient (Wildman–Crippen LogP) is 1.73. The zero-order valence-corrected chi connectivity index (χ0v) is 7.25. The summed E-state index contributed by atoms with van der Waals surface area (Å²) in [6, 6.07) is 3.87. The van der Waals surface area contributed by atoms with Crippen LogP contribution in [0.1, 0.15) is 11.4 Å². The minimum atomic E-state index is 0.732. The van der Waals surface area contributed by atoms with Crippen LogP contribution in [0.4, 0.5) is 0 Å². The van der Waals surface area contributed by atoms with Crippen molar-refractivity contribution in [2.75, 3.05) is 5.75 Å². The molecule has 1 aromatic rings. The molecule has 0 saturated carbocycles. The van der Waals surface area contributed by atoms with Gasteiger partial charge < -0.3 is 0 Å². The standard InChI is InChI=1S/C8H10N2S/c1-7-4-5-8(10-9-7)3-2-6-11/h2-5,11H,6H2,1H3. The van der Waals surface area contributed by atoms with E-state index in [2.05, 4.69) is 22.8 Å². The lowest BCUT2D eigenvalue weighted by Gasteiger charge is -1.90. The summed E-state index contributed by atoms with van der Waals surface area (Å²) < 4.78 is 0. The van der Waals surface area contributed by atoms with E-state index in [0.717, 1.165) is 17.1 Å². The summed E-state index contributed by atoms with van der Waals surface area (Å²) in [5.74, 6) is 0.732. The van der Waals surface area contributed by atoms with Gasteiger partial charge in [-0.2, -0.15) is 22.8 Å². The summed E-state index contributed by atoms with van der Waals surface area (Å²) in [6.07, 6.45) is 3.84. The van der Waals surface area contributed by atoms with Crippen molar-refractivity contribution in [3.8, 4) is 0 Å². The molecule has 0 unspecified atom stereocenters. The van der Waals surface area contributed by atoms with Gasteiger partial charge in [0.25, 0.3) is 0 Å². The van der Waals surface area contributed by atoms with Crippen LogP contribution in [0.3, 0.4) is 0 Å². The number of hydrogen-bond acceptors (Lipinski definition) is 3. The third kappa shape index (κ3) is 2.72. The summed E-state index contributed by atoms with van der Waals surface area (Å²) in [6.45, 7) is 1.92. The van der Waals surface area contributed by atoms with Gasteiger partial charge in [0.15, 0.2) is 0 Å². The van der Waals surface area contributed by atoms with Crippen LogP contribution in [-0.4, -0.2) is 16.0 Å². The van der Waals surface area contributed by atoms with Crippen LogP contribution in [0, 0.1) is 6.92 Å². The average Bonchev–Trinajstić information content (AvgIpc) is 2.04. The fourth-order valence-electron chi connectivity index (χ4n) is 0.672. The van der Waals surface area contributed by atoms with E-state index in [-0.39, 0.29) is 0 Å². The predicted molar refractivity (Wildman–Crippen MR) is 49.7 cm³/mol. The van der Waals surface area contributed by atoms with E-state index < -0.39 is 0 Å². The molecule has 0 spiro atoms. The van der Waals surface area contributed by atoms with Gasteiger partial charge in [-0.1, -0.05) is 6.08 Å². The van der Waals surface area contributed by atoms with Gasteiger partial charge >= 0.3 is 0 Å². The Morgan fingerprint density at radius 1 is 1.45 bits per heavy atom. The van der Waals surface area contributed by atoms with Crippen LogP contribution >= 0.6 is 12.6 Å². The minimum Gasteiger partial charge on any atom is -0.175 e. The Kier molecular flexibility index (Phi) is 3.11. The molecule has 1 aromatic heterocycles. The molecule has 3 heteroatoms. The van der Waals surface area contributed by atoms with Gasteiger partial charge in [-0.25, -0.2) is 0 Å². The number of rotatable bonds is 2. The Balaban J connectivity index is 2.73. The van der Waals surface area contributed by atoms with Gasteiger partial charge in [0.1, 0.15) is 0 Å². The Hall–Kier alpha value is -0.830. The lowest BCUT2D eigenvalue weighted by atomic mass is 10.3. The lowest BCUT2D eigenvalue weighted by molar-refractivity contribution is 0.969. The topological polar surface area (TPSA) is 25.8 Å². The normalized spacial score (nSPS) is 10.7. The van der Waals surface area contributed by atoms with E-state index in [0.29, 0.717) is 0 Å². The molecule has 0 saturated heterocycles. The molecule has 0 N–H and O–H groups in total. The van der Waals surface area contributed by atoms with Crippen molar-refractivity contribution in [1.82, 2.24) is 10.2 Å². The minimum absolute atomic E-state index is 0.732. The largest absolute Gasteiger partial charge is 0.175 e. The van der Waals surface area contributed by atoms with E-state index in [1.165, 1.54) is 0 Å². The fourth-order valence-corrected chi connectivity index (χ4v) is 0.777. The first-order valence-electron chi connectivity index (χ1n) is 3.40. The maximum absolute atomic E-state index is 4.04. The fraction of sp³-hybridized carbons (Fsp3) is 0.250. The van der Waals surface area contributed by atoms with Crippen molar-refractivity contribution < 1.29 is 0 Å². The molecule has 11 heavy (non-hydrogen) atoms. The molecule has 1 rings (SSSR count). The molecular weight excluding hydrogens is 156 g/mol. The van der Waals surface area contributed by atoms with Gasteiger partial charge in [-0.15, -0.1) is 0 Å². The van der Waals surface area contributed by atoms with Crippen LogP contribution in [-0.2, 0) is 0 Å². The van der Waals surface area contributed by atoms with Crippen molar-refractivity contribution in [1.29, 1.82) is 0 Å². The van der Waals surface area contributed by atoms with Gasteiger partial charge in [0.2, 0.25) is 0 Å². The molecule has 1 heterocycles. The molecule has 0 bridgehead atoms. The van der Waals surface area contributed by atoms with E-state index in [1.54, 1.807) is 0 Å². The smallest absolute Gasteiger partial charge is 0.0854 e. The molecule has 58 valence electrons. The van der Waals surface area contributed by atoms with Crippen LogP contribution in [0.25, 0.3) is 6.08 Å². The summed E-state index contributed by atoms with van der Waals surface area (Å²) in [7, 11) is 0. The highest BCUT2D eigenvalue weighted by molar-refractivity contribution is 7.80. The molecule has 0 aromatic carbocycles.